The number of nitrogens with zero attached hydrogens (tertiary/aromatic N) is 1. The number of amides is 1. The van der Waals surface area contributed by atoms with Gasteiger partial charge in [0.15, 0.2) is 0 Å². The van der Waals surface area contributed by atoms with Crippen molar-refractivity contribution in [1.29, 1.82) is 0 Å². The number of aryl methyl sites for hydroxylation is 1. The van der Waals surface area contributed by atoms with Crippen molar-refractivity contribution < 1.29 is 13.2 Å². The fourth-order valence-electron chi connectivity index (χ4n) is 3.38. The van der Waals surface area contributed by atoms with Gasteiger partial charge in [-0.2, -0.15) is 0 Å². The lowest BCUT2D eigenvalue weighted by Crippen LogP contribution is -2.34. The maximum absolute atomic E-state index is 12.5. The van der Waals surface area contributed by atoms with Crippen molar-refractivity contribution >= 4 is 15.9 Å². The molecule has 0 unspecified atom stereocenters. The van der Waals surface area contributed by atoms with E-state index in [0.717, 1.165) is 17.7 Å². The van der Waals surface area contributed by atoms with Crippen LogP contribution < -0.4 is 10.0 Å². The molecule has 0 heterocycles. The van der Waals surface area contributed by atoms with E-state index in [-0.39, 0.29) is 23.4 Å². The van der Waals surface area contributed by atoms with Gasteiger partial charge in [-0.05, 0) is 56.3 Å². The number of nitrogens with one attached hydrogen (secondary N) is 2. The molecule has 33 heavy (non-hydrogen) atoms. The molecule has 0 aliphatic carbocycles. The van der Waals surface area contributed by atoms with Crippen LogP contribution >= 0.6 is 0 Å². The Balaban J connectivity index is 1.47. The summed E-state index contributed by atoms with van der Waals surface area (Å²) in [5, 5.41) is 2.95. The predicted octanol–water partition coefficient (Wildman–Crippen LogP) is 3.90. The van der Waals surface area contributed by atoms with E-state index in [1.54, 1.807) is 48.5 Å². The minimum atomic E-state index is -3.58. The lowest BCUT2D eigenvalue weighted by molar-refractivity contribution is 0.0947. The minimum absolute atomic E-state index is 0.150. The summed E-state index contributed by atoms with van der Waals surface area (Å²) in [7, 11) is -1.55. The average Bonchev–Trinajstić information content (AvgIpc) is 2.83. The molecule has 0 radical (unpaired) electrons. The summed E-state index contributed by atoms with van der Waals surface area (Å²) in [6, 6.07) is 24.2. The van der Waals surface area contributed by atoms with Crippen LogP contribution in [0.5, 0.6) is 0 Å². The molecule has 0 aliphatic heterocycles. The highest BCUT2D eigenvalue weighted by atomic mass is 32.2. The zero-order valence-corrected chi connectivity index (χ0v) is 20.1. The van der Waals surface area contributed by atoms with Crippen molar-refractivity contribution in [3.63, 3.8) is 0 Å². The Kier molecular flexibility index (Phi) is 8.38. The van der Waals surface area contributed by atoms with Gasteiger partial charge in [0, 0.05) is 31.2 Å². The van der Waals surface area contributed by atoms with Crippen LogP contribution in [0.4, 0.5) is 0 Å². The second-order valence-electron chi connectivity index (χ2n) is 8.16. The Labute approximate surface area is 196 Å². The van der Waals surface area contributed by atoms with Crippen LogP contribution in [0.25, 0.3) is 0 Å². The Morgan fingerprint density at radius 2 is 1.58 bits per heavy atom. The molecular weight excluding hydrogens is 434 g/mol. The highest BCUT2D eigenvalue weighted by molar-refractivity contribution is 7.89. The first-order valence-corrected chi connectivity index (χ1v) is 12.4. The number of benzene rings is 3. The quantitative estimate of drug-likeness (QED) is 0.476. The SMILES string of the molecule is Cc1ccc(S(=O)(=O)NCc2ccc(C(=O)NCCN(C)[C@H](C)c3ccccc3)cc2)cc1. The Morgan fingerprint density at radius 3 is 2.21 bits per heavy atom. The lowest BCUT2D eigenvalue weighted by Gasteiger charge is -2.25. The summed E-state index contributed by atoms with van der Waals surface area (Å²) >= 11 is 0. The number of hydrogen-bond donors (Lipinski definition) is 2. The van der Waals surface area contributed by atoms with E-state index in [2.05, 4.69) is 34.0 Å². The van der Waals surface area contributed by atoms with Gasteiger partial charge in [-0.3, -0.25) is 9.69 Å². The van der Waals surface area contributed by atoms with E-state index in [9.17, 15) is 13.2 Å². The molecule has 0 aliphatic rings. The molecule has 3 aromatic carbocycles. The van der Waals surface area contributed by atoms with Gasteiger partial charge in [0.2, 0.25) is 10.0 Å². The molecule has 3 rings (SSSR count). The summed E-state index contributed by atoms with van der Waals surface area (Å²) in [5.74, 6) is -0.150. The zero-order chi connectivity index (χ0) is 23.8. The first-order chi connectivity index (χ1) is 15.8. The summed E-state index contributed by atoms with van der Waals surface area (Å²) in [5.41, 5.74) is 3.55. The van der Waals surface area contributed by atoms with Crippen molar-refractivity contribution in [3.05, 3.63) is 101 Å². The number of rotatable bonds is 10. The molecule has 0 saturated carbocycles. The van der Waals surface area contributed by atoms with E-state index >= 15 is 0 Å². The monoisotopic (exact) mass is 465 g/mol. The smallest absolute Gasteiger partial charge is 0.251 e. The molecule has 0 fully saturated rings. The molecule has 0 spiro atoms. The van der Waals surface area contributed by atoms with E-state index in [4.69, 9.17) is 0 Å². The normalized spacial score (nSPS) is 12.5. The van der Waals surface area contributed by atoms with E-state index in [1.807, 2.05) is 32.2 Å². The predicted molar refractivity (Wildman–Crippen MR) is 131 cm³/mol. The average molecular weight is 466 g/mol. The minimum Gasteiger partial charge on any atom is -0.351 e. The summed E-state index contributed by atoms with van der Waals surface area (Å²) in [4.78, 5) is 14.9. The fraction of sp³-hybridized carbons (Fsp3) is 0.269. The lowest BCUT2D eigenvalue weighted by atomic mass is 10.1. The standard InChI is InChI=1S/C26H31N3O3S/c1-20-9-15-25(16-10-20)33(31,32)28-19-22-11-13-24(14-12-22)26(30)27-17-18-29(3)21(2)23-7-5-4-6-8-23/h4-16,21,28H,17-19H2,1-3H3,(H,27,30)/t21-/m1/s1. The Bertz CT molecular complexity index is 1150. The van der Waals surface area contributed by atoms with Gasteiger partial charge >= 0.3 is 0 Å². The molecule has 174 valence electrons. The maximum Gasteiger partial charge on any atom is 0.251 e. The first-order valence-electron chi connectivity index (χ1n) is 10.9. The van der Waals surface area contributed by atoms with E-state index in [1.165, 1.54) is 5.56 Å². The second kappa shape index (κ2) is 11.2. The van der Waals surface area contributed by atoms with Crippen LogP contribution in [0.2, 0.25) is 0 Å². The number of carbonyl (C=O) groups excluding carboxylic acids is 1. The van der Waals surface area contributed by atoms with Crippen LogP contribution in [0.1, 0.15) is 40.0 Å². The van der Waals surface area contributed by atoms with E-state index in [0.29, 0.717) is 12.1 Å². The summed E-state index contributed by atoms with van der Waals surface area (Å²) < 4.78 is 27.4. The number of carbonyl (C=O) groups is 1. The highest BCUT2D eigenvalue weighted by Gasteiger charge is 2.14. The molecule has 1 amide bonds. The Morgan fingerprint density at radius 1 is 0.939 bits per heavy atom. The molecule has 6 nitrogen and oxygen atoms in total. The van der Waals surface area contributed by atoms with Crippen molar-refractivity contribution in [2.45, 2.75) is 31.3 Å². The van der Waals surface area contributed by atoms with Crippen molar-refractivity contribution in [2.24, 2.45) is 0 Å². The third kappa shape index (κ3) is 6.99. The highest BCUT2D eigenvalue weighted by Crippen LogP contribution is 2.17. The van der Waals surface area contributed by atoms with Gasteiger partial charge in [-0.15, -0.1) is 0 Å². The van der Waals surface area contributed by atoms with Crippen molar-refractivity contribution in [3.8, 4) is 0 Å². The molecule has 2 N–H and O–H groups in total. The van der Waals surface area contributed by atoms with Gasteiger partial charge in [0.1, 0.15) is 0 Å². The fourth-order valence-corrected chi connectivity index (χ4v) is 4.40. The van der Waals surface area contributed by atoms with Gasteiger partial charge < -0.3 is 5.32 Å². The molecule has 7 heteroatoms. The van der Waals surface area contributed by atoms with Crippen LogP contribution in [0.15, 0.2) is 83.8 Å². The largest absolute Gasteiger partial charge is 0.351 e. The van der Waals surface area contributed by atoms with Crippen LogP contribution in [0, 0.1) is 6.92 Å². The van der Waals surface area contributed by atoms with Gasteiger partial charge in [-0.1, -0.05) is 60.2 Å². The summed E-state index contributed by atoms with van der Waals surface area (Å²) in [6.45, 7) is 5.46. The molecule has 0 aromatic heterocycles. The molecule has 1 atom stereocenters. The third-order valence-electron chi connectivity index (χ3n) is 5.71. The first kappa shape index (κ1) is 24.6. The number of sulfonamides is 1. The van der Waals surface area contributed by atoms with Gasteiger partial charge in [0.25, 0.3) is 5.91 Å². The van der Waals surface area contributed by atoms with Crippen LogP contribution in [0.3, 0.4) is 0 Å². The number of hydrogen-bond acceptors (Lipinski definition) is 4. The maximum atomic E-state index is 12.5. The molecule has 0 bridgehead atoms. The van der Waals surface area contributed by atoms with E-state index < -0.39 is 10.0 Å². The van der Waals surface area contributed by atoms with Crippen LogP contribution in [-0.2, 0) is 16.6 Å². The molecule has 0 saturated heterocycles. The van der Waals surface area contributed by atoms with Crippen molar-refractivity contribution in [1.82, 2.24) is 14.9 Å². The topological polar surface area (TPSA) is 78.5 Å². The molecular formula is C26H31N3O3S. The molecule has 3 aromatic rings. The van der Waals surface area contributed by atoms with Crippen LogP contribution in [-0.4, -0.2) is 39.4 Å². The van der Waals surface area contributed by atoms with Crippen molar-refractivity contribution in [2.75, 3.05) is 20.1 Å². The second-order valence-corrected chi connectivity index (χ2v) is 9.92. The third-order valence-corrected chi connectivity index (χ3v) is 7.12. The number of likely N-dealkylation sites (N-methyl/N-ethyl adjacent to an activating group) is 1. The summed E-state index contributed by atoms with van der Waals surface area (Å²) in [6.07, 6.45) is 0. The zero-order valence-electron chi connectivity index (χ0n) is 19.3. The Hall–Kier alpha value is -3.00. The van der Waals surface area contributed by atoms with Gasteiger partial charge in [-0.25, -0.2) is 13.1 Å². The van der Waals surface area contributed by atoms with Gasteiger partial charge in [0.05, 0.1) is 4.90 Å².